The van der Waals surface area contributed by atoms with E-state index in [-0.39, 0.29) is 0 Å². The molecule has 0 aliphatic heterocycles. The topological polar surface area (TPSA) is 17.8 Å². The van der Waals surface area contributed by atoms with Gasteiger partial charge in [-0.3, -0.25) is 0 Å². The molecule has 68 valence electrons. The Balaban J connectivity index is 2.26. The SMILES string of the molecule is CCn1ccnc1C1C#CCCC1. The summed E-state index contributed by atoms with van der Waals surface area (Å²) in [6.07, 6.45) is 7.35. The van der Waals surface area contributed by atoms with Crippen molar-refractivity contribution in [1.29, 1.82) is 0 Å². The molecule has 1 aliphatic rings. The molecular formula is C11H14N2. The third kappa shape index (κ3) is 1.60. The zero-order chi connectivity index (χ0) is 9.10. The van der Waals surface area contributed by atoms with Gasteiger partial charge in [0.25, 0.3) is 0 Å². The van der Waals surface area contributed by atoms with Crippen LogP contribution in [0.2, 0.25) is 0 Å². The Morgan fingerprint density at radius 1 is 1.69 bits per heavy atom. The second kappa shape index (κ2) is 3.66. The molecule has 0 spiro atoms. The van der Waals surface area contributed by atoms with Gasteiger partial charge in [0, 0.05) is 25.4 Å². The van der Waals surface area contributed by atoms with Crippen LogP contribution in [-0.2, 0) is 6.54 Å². The molecular weight excluding hydrogens is 160 g/mol. The molecule has 2 rings (SSSR count). The van der Waals surface area contributed by atoms with Crippen molar-refractivity contribution in [2.24, 2.45) is 0 Å². The maximum absolute atomic E-state index is 4.37. The fourth-order valence-electron chi connectivity index (χ4n) is 1.75. The number of rotatable bonds is 2. The number of hydrogen-bond donors (Lipinski definition) is 0. The highest BCUT2D eigenvalue weighted by molar-refractivity contribution is 5.20. The normalized spacial score (nSPS) is 20.8. The number of aryl methyl sites for hydroxylation is 1. The van der Waals surface area contributed by atoms with Crippen molar-refractivity contribution in [1.82, 2.24) is 9.55 Å². The summed E-state index contributed by atoms with van der Waals surface area (Å²) in [5.74, 6) is 7.96. The smallest absolute Gasteiger partial charge is 0.123 e. The standard InChI is InChI=1S/C11H14N2/c1-2-13-9-8-12-11(13)10-6-4-3-5-7-10/h8-10H,2-4,6H2,1H3. The molecule has 0 saturated heterocycles. The second-order valence-electron chi connectivity index (χ2n) is 3.34. The van der Waals surface area contributed by atoms with Crippen LogP contribution in [0.5, 0.6) is 0 Å². The van der Waals surface area contributed by atoms with Gasteiger partial charge in [0.15, 0.2) is 0 Å². The van der Waals surface area contributed by atoms with Crippen molar-refractivity contribution < 1.29 is 0 Å². The molecule has 1 aliphatic carbocycles. The van der Waals surface area contributed by atoms with Gasteiger partial charge in [-0.1, -0.05) is 5.92 Å². The molecule has 1 aromatic heterocycles. The van der Waals surface area contributed by atoms with Crippen molar-refractivity contribution in [3.8, 4) is 11.8 Å². The van der Waals surface area contributed by atoms with E-state index in [0.29, 0.717) is 5.92 Å². The molecule has 1 unspecified atom stereocenters. The maximum atomic E-state index is 4.37. The molecule has 0 aromatic carbocycles. The molecule has 0 saturated carbocycles. The molecule has 1 atom stereocenters. The van der Waals surface area contributed by atoms with E-state index in [1.165, 1.54) is 12.8 Å². The molecule has 0 radical (unpaired) electrons. The fourth-order valence-corrected chi connectivity index (χ4v) is 1.75. The first kappa shape index (κ1) is 8.37. The van der Waals surface area contributed by atoms with Gasteiger partial charge in [-0.2, -0.15) is 0 Å². The van der Waals surface area contributed by atoms with E-state index in [9.17, 15) is 0 Å². The van der Waals surface area contributed by atoms with Crippen LogP contribution in [0.3, 0.4) is 0 Å². The van der Waals surface area contributed by atoms with Crippen molar-refractivity contribution in [2.75, 3.05) is 0 Å². The summed E-state index contributed by atoms with van der Waals surface area (Å²) in [5.41, 5.74) is 0. The van der Waals surface area contributed by atoms with Crippen LogP contribution in [-0.4, -0.2) is 9.55 Å². The van der Waals surface area contributed by atoms with E-state index in [0.717, 1.165) is 18.8 Å². The Morgan fingerprint density at radius 2 is 2.62 bits per heavy atom. The van der Waals surface area contributed by atoms with Crippen molar-refractivity contribution in [3.05, 3.63) is 18.2 Å². The molecule has 0 bridgehead atoms. The summed E-state index contributed by atoms with van der Waals surface area (Å²) in [7, 11) is 0. The quantitative estimate of drug-likeness (QED) is 0.628. The minimum Gasteiger partial charge on any atom is -0.334 e. The van der Waals surface area contributed by atoms with Gasteiger partial charge in [0.2, 0.25) is 0 Å². The summed E-state index contributed by atoms with van der Waals surface area (Å²) >= 11 is 0. The van der Waals surface area contributed by atoms with Gasteiger partial charge in [0.05, 0.1) is 5.92 Å². The lowest BCUT2D eigenvalue weighted by molar-refractivity contribution is 0.605. The highest BCUT2D eigenvalue weighted by Crippen LogP contribution is 2.22. The van der Waals surface area contributed by atoms with Crippen LogP contribution in [0, 0.1) is 11.8 Å². The van der Waals surface area contributed by atoms with Gasteiger partial charge >= 0.3 is 0 Å². The highest BCUT2D eigenvalue weighted by atomic mass is 15.1. The van der Waals surface area contributed by atoms with Crippen LogP contribution >= 0.6 is 0 Å². The Morgan fingerprint density at radius 3 is 3.31 bits per heavy atom. The minimum atomic E-state index is 0.378. The Hall–Kier alpha value is -1.23. The number of hydrogen-bond acceptors (Lipinski definition) is 1. The molecule has 2 nitrogen and oxygen atoms in total. The molecule has 0 N–H and O–H groups in total. The zero-order valence-electron chi connectivity index (χ0n) is 7.95. The van der Waals surface area contributed by atoms with Crippen LogP contribution < -0.4 is 0 Å². The Kier molecular flexibility index (Phi) is 2.35. The van der Waals surface area contributed by atoms with E-state index in [1.54, 1.807) is 0 Å². The molecule has 0 fully saturated rings. The predicted molar refractivity (Wildman–Crippen MR) is 52.3 cm³/mol. The van der Waals surface area contributed by atoms with E-state index >= 15 is 0 Å². The lowest BCUT2D eigenvalue weighted by Crippen LogP contribution is -2.08. The Labute approximate surface area is 79.0 Å². The van der Waals surface area contributed by atoms with E-state index in [2.05, 4.69) is 28.3 Å². The monoisotopic (exact) mass is 174 g/mol. The average Bonchev–Trinajstić information content (AvgIpc) is 2.67. The predicted octanol–water partition coefficient (Wildman–Crippen LogP) is 2.17. The van der Waals surface area contributed by atoms with Crippen LogP contribution in [0.15, 0.2) is 12.4 Å². The minimum absolute atomic E-state index is 0.378. The van der Waals surface area contributed by atoms with Crippen molar-refractivity contribution in [2.45, 2.75) is 38.6 Å². The number of aromatic nitrogens is 2. The van der Waals surface area contributed by atoms with Gasteiger partial charge in [-0.15, -0.1) is 5.92 Å². The van der Waals surface area contributed by atoms with Crippen LogP contribution in [0.1, 0.15) is 37.9 Å². The summed E-state index contributed by atoms with van der Waals surface area (Å²) < 4.78 is 2.19. The molecule has 13 heavy (non-hydrogen) atoms. The molecule has 1 heterocycles. The average molecular weight is 174 g/mol. The zero-order valence-corrected chi connectivity index (χ0v) is 7.95. The fraction of sp³-hybridized carbons (Fsp3) is 0.545. The lowest BCUT2D eigenvalue weighted by Gasteiger charge is -2.13. The van der Waals surface area contributed by atoms with E-state index in [4.69, 9.17) is 0 Å². The summed E-state index contributed by atoms with van der Waals surface area (Å²) in [5, 5.41) is 0. The third-order valence-electron chi connectivity index (χ3n) is 2.47. The maximum Gasteiger partial charge on any atom is 0.123 e. The summed E-state index contributed by atoms with van der Waals surface area (Å²) in [6.45, 7) is 3.13. The lowest BCUT2D eigenvalue weighted by atomic mass is 9.97. The molecule has 0 amide bonds. The van der Waals surface area contributed by atoms with Gasteiger partial charge in [0.1, 0.15) is 5.82 Å². The molecule has 2 heteroatoms. The Bertz CT molecular complexity index is 340. The number of imidazole rings is 1. The first-order valence-electron chi connectivity index (χ1n) is 4.91. The summed E-state index contributed by atoms with van der Waals surface area (Å²) in [4.78, 5) is 4.37. The largest absolute Gasteiger partial charge is 0.334 e. The second-order valence-corrected chi connectivity index (χ2v) is 3.34. The third-order valence-corrected chi connectivity index (χ3v) is 2.47. The van der Waals surface area contributed by atoms with E-state index < -0.39 is 0 Å². The van der Waals surface area contributed by atoms with Crippen molar-refractivity contribution >= 4 is 0 Å². The van der Waals surface area contributed by atoms with E-state index in [1.807, 2.05) is 12.4 Å². The highest BCUT2D eigenvalue weighted by Gasteiger charge is 2.15. The van der Waals surface area contributed by atoms with Gasteiger partial charge < -0.3 is 4.57 Å². The van der Waals surface area contributed by atoms with Crippen LogP contribution in [0.4, 0.5) is 0 Å². The number of nitrogens with zero attached hydrogens (tertiary/aromatic N) is 2. The van der Waals surface area contributed by atoms with Crippen LogP contribution in [0.25, 0.3) is 0 Å². The first-order valence-corrected chi connectivity index (χ1v) is 4.91. The molecule has 1 aromatic rings. The first-order chi connectivity index (χ1) is 6.42. The van der Waals surface area contributed by atoms with Gasteiger partial charge in [-0.05, 0) is 19.8 Å². The summed E-state index contributed by atoms with van der Waals surface area (Å²) in [6, 6.07) is 0. The van der Waals surface area contributed by atoms with Crippen molar-refractivity contribution in [3.63, 3.8) is 0 Å². The van der Waals surface area contributed by atoms with Gasteiger partial charge in [-0.25, -0.2) is 4.98 Å².